The Morgan fingerprint density at radius 3 is 2.77 bits per heavy atom. The minimum atomic E-state index is -0.572. The van der Waals surface area contributed by atoms with Crippen LogP contribution in [-0.2, 0) is 16.0 Å². The van der Waals surface area contributed by atoms with E-state index in [0.717, 1.165) is 17.0 Å². The molecule has 0 aliphatic carbocycles. The molecule has 0 aliphatic rings. The molecule has 0 bridgehead atoms. The number of methoxy groups -OCH3 is 1. The highest BCUT2D eigenvalue weighted by atomic mass is 16.5. The maximum Gasteiger partial charge on any atom is 0.254 e. The quantitative estimate of drug-likeness (QED) is 0.520. The first-order chi connectivity index (χ1) is 14.4. The van der Waals surface area contributed by atoms with Gasteiger partial charge in [0.05, 0.1) is 12.8 Å². The summed E-state index contributed by atoms with van der Waals surface area (Å²) in [6, 6.07) is 7.22. The molecule has 0 radical (unpaired) electrons. The number of hydrogen-bond donors (Lipinski definition) is 2. The summed E-state index contributed by atoms with van der Waals surface area (Å²) >= 11 is 0. The molecule has 1 aromatic carbocycles. The second kappa shape index (κ2) is 9.36. The first-order valence-corrected chi connectivity index (χ1v) is 9.56. The number of nitrogens with two attached hydrogens (primary N) is 1. The van der Waals surface area contributed by atoms with Crippen molar-refractivity contribution in [2.75, 3.05) is 25.6 Å². The van der Waals surface area contributed by atoms with Crippen LogP contribution in [0.15, 0.2) is 30.5 Å². The maximum absolute atomic E-state index is 12.5. The topological polar surface area (TPSA) is 121 Å². The maximum atomic E-state index is 12.5. The number of nitrogens with one attached hydrogen (secondary N) is 1. The van der Waals surface area contributed by atoms with Gasteiger partial charge in [-0.25, -0.2) is 9.50 Å². The number of nitrogens with zero attached hydrogens (tertiary/aromatic N) is 3. The largest absolute Gasteiger partial charge is 0.491 e. The van der Waals surface area contributed by atoms with Crippen molar-refractivity contribution in [3.05, 3.63) is 53.0 Å². The Morgan fingerprint density at radius 2 is 2.03 bits per heavy atom. The van der Waals surface area contributed by atoms with Crippen LogP contribution in [0.25, 0.3) is 5.65 Å². The van der Waals surface area contributed by atoms with Gasteiger partial charge in [0, 0.05) is 36.7 Å². The first-order valence-electron chi connectivity index (χ1n) is 9.56. The molecule has 3 rings (SSSR count). The van der Waals surface area contributed by atoms with Crippen LogP contribution in [-0.4, -0.2) is 46.7 Å². The van der Waals surface area contributed by atoms with E-state index in [1.54, 1.807) is 23.8 Å². The Kier molecular flexibility index (Phi) is 6.63. The molecule has 0 saturated heterocycles. The number of primary amides is 1. The number of carbonyl (C=O) groups is 2. The highest BCUT2D eigenvalue weighted by molar-refractivity contribution is 5.98. The lowest BCUT2D eigenvalue weighted by Gasteiger charge is -2.12. The van der Waals surface area contributed by atoms with Crippen molar-refractivity contribution < 1.29 is 19.1 Å². The van der Waals surface area contributed by atoms with Gasteiger partial charge in [-0.1, -0.05) is 6.07 Å². The highest BCUT2D eigenvalue weighted by Crippen LogP contribution is 2.20. The molecule has 0 atom stereocenters. The number of fused-ring (bicyclic) bond motifs is 1. The van der Waals surface area contributed by atoms with Crippen LogP contribution in [0.4, 0.5) is 5.69 Å². The van der Waals surface area contributed by atoms with E-state index in [2.05, 4.69) is 15.4 Å². The van der Waals surface area contributed by atoms with Crippen molar-refractivity contribution in [1.82, 2.24) is 14.6 Å². The van der Waals surface area contributed by atoms with Gasteiger partial charge in [-0.15, -0.1) is 0 Å². The van der Waals surface area contributed by atoms with E-state index in [1.807, 2.05) is 26.0 Å². The molecular formula is C21H25N5O4. The SMILES string of the molecule is COCCOc1cccc(NC(=O)CCc2c(C)nc3c(C(N)=O)cnn3c2C)c1. The fraction of sp³-hybridized carbons (Fsp3) is 0.333. The van der Waals surface area contributed by atoms with Gasteiger partial charge in [-0.05, 0) is 38.0 Å². The number of ether oxygens (including phenoxy) is 2. The summed E-state index contributed by atoms with van der Waals surface area (Å²) in [5.41, 5.74) is 9.22. The summed E-state index contributed by atoms with van der Waals surface area (Å²) < 4.78 is 12.1. The predicted molar refractivity (Wildman–Crippen MR) is 112 cm³/mol. The molecule has 0 fully saturated rings. The summed E-state index contributed by atoms with van der Waals surface area (Å²) in [6.07, 6.45) is 2.17. The average molecular weight is 411 g/mol. The Hall–Kier alpha value is -3.46. The smallest absolute Gasteiger partial charge is 0.254 e. The number of carbonyl (C=O) groups excluding carboxylic acids is 2. The molecule has 0 unspecified atom stereocenters. The fourth-order valence-corrected chi connectivity index (χ4v) is 3.22. The molecular weight excluding hydrogens is 386 g/mol. The summed E-state index contributed by atoms with van der Waals surface area (Å²) in [5.74, 6) is -0.0341. The lowest BCUT2D eigenvalue weighted by atomic mass is 10.1. The summed E-state index contributed by atoms with van der Waals surface area (Å²) in [5, 5.41) is 7.09. The average Bonchev–Trinajstić information content (AvgIpc) is 3.12. The van der Waals surface area contributed by atoms with Crippen LogP contribution in [0.5, 0.6) is 5.75 Å². The number of anilines is 1. The second-order valence-corrected chi connectivity index (χ2v) is 6.84. The van der Waals surface area contributed by atoms with Crippen LogP contribution in [0.2, 0.25) is 0 Å². The van der Waals surface area contributed by atoms with Crippen LogP contribution in [0.3, 0.4) is 0 Å². The molecule has 158 valence electrons. The molecule has 0 spiro atoms. The molecule has 2 amide bonds. The van der Waals surface area contributed by atoms with Crippen molar-refractivity contribution in [2.24, 2.45) is 5.73 Å². The third kappa shape index (κ3) is 4.74. The zero-order valence-electron chi connectivity index (χ0n) is 17.3. The van der Waals surface area contributed by atoms with Gasteiger partial charge in [-0.3, -0.25) is 9.59 Å². The molecule has 3 aromatic rings. The first kappa shape index (κ1) is 21.3. The summed E-state index contributed by atoms with van der Waals surface area (Å²) in [4.78, 5) is 28.5. The monoisotopic (exact) mass is 411 g/mol. The van der Waals surface area contributed by atoms with Crippen LogP contribution in [0, 0.1) is 13.8 Å². The molecule has 9 nitrogen and oxygen atoms in total. The van der Waals surface area contributed by atoms with Gasteiger partial charge < -0.3 is 20.5 Å². The molecule has 0 aliphatic heterocycles. The van der Waals surface area contributed by atoms with Crippen LogP contribution >= 0.6 is 0 Å². The molecule has 9 heteroatoms. The minimum Gasteiger partial charge on any atom is -0.491 e. The van der Waals surface area contributed by atoms with E-state index < -0.39 is 5.91 Å². The Bertz CT molecular complexity index is 1080. The van der Waals surface area contributed by atoms with E-state index in [-0.39, 0.29) is 17.9 Å². The zero-order valence-corrected chi connectivity index (χ0v) is 17.3. The predicted octanol–water partition coefficient (Wildman–Crippen LogP) is 2.04. The van der Waals surface area contributed by atoms with E-state index in [0.29, 0.717) is 36.7 Å². The molecule has 30 heavy (non-hydrogen) atoms. The Balaban J connectivity index is 1.67. The molecule has 3 N–H and O–H groups in total. The van der Waals surface area contributed by atoms with E-state index in [9.17, 15) is 9.59 Å². The number of hydrogen-bond acceptors (Lipinski definition) is 6. The van der Waals surface area contributed by atoms with Crippen LogP contribution < -0.4 is 15.8 Å². The van der Waals surface area contributed by atoms with E-state index in [1.165, 1.54) is 6.20 Å². The number of aromatic nitrogens is 3. The van der Waals surface area contributed by atoms with E-state index in [4.69, 9.17) is 15.2 Å². The lowest BCUT2D eigenvalue weighted by molar-refractivity contribution is -0.116. The third-order valence-corrected chi connectivity index (χ3v) is 4.75. The lowest BCUT2D eigenvalue weighted by Crippen LogP contribution is -2.15. The van der Waals surface area contributed by atoms with Crippen molar-refractivity contribution in [2.45, 2.75) is 26.7 Å². The van der Waals surface area contributed by atoms with Crippen molar-refractivity contribution >= 4 is 23.1 Å². The van der Waals surface area contributed by atoms with Crippen LogP contribution in [0.1, 0.15) is 33.7 Å². The van der Waals surface area contributed by atoms with Gasteiger partial charge in [0.2, 0.25) is 5.91 Å². The normalized spacial score (nSPS) is 10.9. The van der Waals surface area contributed by atoms with Crippen molar-refractivity contribution in [3.8, 4) is 5.75 Å². The molecule has 0 saturated carbocycles. The van der Waals surface area contributed by atoms with Gasteiger partial charge in [0.15, 0.2) is 5.65 Å². The summed E-state index contributed by atoms with van der Waals surface area (Å²) in [7, 11) is 1.61. The van der Waals surface area contributed by atoms with Gasteiger partial charge in [-0.2, -0.15) is 5.10 Å². The second-order valence-electron chi connectivity index (χ2n) is 6.84. The number of rotatable bonds is 9. The van der Waals surface area contributed by atoms with E-state index >= 15 is 0 Å². The fourth-order valence-electron chi connectivity index (χ4n) is 3.22. The van der Waals surface area contributed by atoms with Gasteiger partial charge in [0.25, 0.3) is 5.91 Å². The standard InChI is InChI=1S/C21H25N5O4/c1-13-17(14(2)26-21(24-13)18(12-23-26)20(22)28)7-8-19(27)25-15-5-4-6-16(11-15)30-10-9-29-3/h4-6,11-12H,7-10H2,1-3H3,(H2,22,28)(H,25,27). The van der Waals surface area contributed by atoms with Gasteiger partial charge >= 0.3 is 0 Å². The highest BCUT2D eigenvalue weighted by Gasteiger charge is 2.17. The van der Waals surface area contributed by atoms with Crippen molar-refractivity contribution in [3.63, 3.8) is 0 Å². The Morgan fingerprint density at radius 1 is 1.23 bits per heavy atom. The number of benzene rings is 1. The minimum absolute atomic E-state index is 0.124. The number of amides is 2. The number of aryl methyl sites for hydroxylation is 2. The third-order valence-electron chi connectivity index (χ3n) is 4.75. The zero-order chi connectivity index (χ0) is 21.7. The van der Waals surface area contributed by atoms with Crippen molar-refractivity contribution in [1.29, 1.82) is 0 Å². The van der Waals surface area contributed by atoms with Gasteiger partial charge in [0.1, 0.15) is 17.9 Å². The Labute approximate surface area is 174 Å². The molecule has 2 heterocycles. The summed E-state index contributed by atoms with van der Waals surface area (Å²) in [6.45, 7) is 4.66. The molecule has 2 aromatic heterocycles.